The van der Waals surface area contributed by atoms with Crippen molar-refractivity contribution in [1.29, 1.82) is 0 Å². The maximum atomic E-state index is 11.8. The van der Waals surface area contributed by atoms with Crippen LogP contribution in [0, 0.1) is 0 Å². The summed E-state index contributed by atoms with van der Waals surface area (Å²) in [4.78, 5) is 15.9. The zero-order valence-electron chi connectivity index (χ0n) is 10.1. The van der Waals surface area contributed by atoms with E-state index in [1.165, 1.54) is 0 Å². The molecule has 1 aromatic heterocycles. The van der Waals surface area contributed by atoms with Gasteiger partial charge >= 0.3 is 0 Å². The highest BCUT2D eigenvalue weighted by Crippen LogP contribution is 2.21. The molecule has 5 nitrogen and oxygen atoms in total. The second-order valence-corrected chi connectivity index (χ2v) is 4.77. The molecular weight excluding hydrogens is 250 g/mol. The molecule has 2 rings (SSSR count). The van der Waals surface area contributed by atoms with Crippen molar-refractivity contribution in [2.45, 2.75) is 12.5 Å². The van der Waals surface area contributed by atoms with E-state index in [1.807, 2.05) is 18.2 Å². The molecule has 1 aromatic carbocycles. The van der Waals surface area contributed by atoms with Crippen LogP contribution in [0.5, 0.6) is 0 Å². The number of hydrogen-bond donors (Lipinski definition) is 2. The number of carbonyl (C=O) groups is 1. The fourth-order valence-electron chi connectivity index (χ4n) is 1.61. The summed E-state index contributed by atoms with van der Waals surface area (Å²) in [6, 6.07) is 5.64. The molecule has 1 unspecified atom stereocenters. The topological polar surface area (TPSA) is 77.2 Å². The molecule has 0 radical (unpaired) electrons. The molecule has 0 fully saturated rings. The Bertz CT molecular complexity index is 537. The first-order chi connectivity index (χ1) is 8.72. The number of fused-ring (bicyclic) bond motifs is 1. The Morgan fingerprint density at radius 2 is 2.44 bits per heavy atom. The van der Waals surface area contributed by atoms with E-state index in [4.69, 9.17) is 10.5 Å². The van der Waals surface area contributed by atoms with E-state index >= 15 is 0 Å². The van der Waals surface area contributed by atoms with Crippen molar-refractivity contribution in [2.75, 3.05) is 19.0 Å². The summed E-state index contributed by atoms with van der Waals surface area (Å²) >= 11 is 1.54. The Balaban J connectivity index is 2.01. The number of nitrogens with zero attached hydrogens (tertiary/aromatic N) is 1. The monoisotopic (exact) mass is 265 g/mol. The van der Waals surface area contributed by atoms with Crippen LogP contribution in [0.2, 0.25) is 0 Å². The zero-order valence-corrected chi connectivity index (χ0v) is 10.9. The van der Waals surface area contributed by atoms with Crippen LogP contribution in [0.3, 0.4) is 0 Å². The van der Waals surface area contributed by atoms with Gasteiger partial charge in [0.05, 0.1) is 28.3 Å². The Kier molecular flexibility index (Phi) is 4.24. The molecule has 0 aliphatic carbocycles. The summed E-state index contributed by atoms with van der Waals surface area (Å²) in [5, 5.41) is 2.83. The van der Waals surface area contributed by atoms with Crippen molar-refractivity contribution in [3.63, 3.8) is 0 Å². The van der Waals surface area contributed by atoms with Gasteiger partial charge < -0.3 is 15.8 Å². The number of anilines is 1. The van der Waals surface area contributed by atoms with Crippen LogP contribution in [0.1, 0.15) is 6.42 Å². The van der Waals surface area contributed by atoms with Gasteiger partial charge in [-0.3, -0.25) is 4.79 Å². The highest BCUT2D eigenvalue weighted by Gasteiger charge is 2.11. The minimum Gasteiger partial charge on any atom is -0.380 e. The van der Waals surface area contributed by atoms with Gasteiger partial charge in [-0.1, -0.05) is 0 Å². The van der Waals surface area contributed by atoms with Crippen LogP contribution in [-0.4, -0.2) is 30.6 Å². The number of benzene rings is 1. The van der Waals surface area contributed by atoms with E-state index in [0.717, 1.165) is 15.9 Å². The Labute approximate surface area is 109 Å². The molecule has 6 heteroatoms. The summed E-state index contributed by atoms with van der Waals surface area (Å²) < 4.78 is 6.12. The fourth-order valence-corrected chi connectivity index (χ4v) is 2.33. The standard InChI is InChI=1S/C12H15N3O2S/c1-17-9(6-13)5-12(16)15-8-2-3-10-11(4-8)18-7-14-10/h2-4,7,9H,5-6,13H2,1H3,(H,15,16). The molecule has 1 heterocycles. The van der Waals surface area contributed by atoms with E-state index < -0.39 is 0 Å². The third kappa shape index (κ3) is 3.04. The first-order valence-electron chi connectivity index (χ1n) is 5.59. The lowest BCUT2D eigenvalue weighted by atomic mass is 10.2. The molecule has 0 aliphatic rings. The van der Waals surface area contributed by atoms with E-state index in [1.54, 1.807) is 24.0 Å². The molecule has 3 N–H and O–H groups in total. The fraction of sp³-hybridized carbons (Fsp3) is 0.333. The largest absolute Gasteiger partial charge is 0.380 e. The SMILES string of the molecule is COC(CN)CC(=O)Nc1ccc2ncsc2c1. The first kappa shape index (κ1) is 12.9. The summed E-state index contributed by atoms with van der Waals surface area (Å²) in [6.45, 7) is 0.331. The third-order valence-corrected chi connectivity index (χ3v) is 3.42. The Hall–Kier alpha value is -1.50. The highest BCUT2D eigenvalue weighted by molar-refractivity contribution is 7.16. The number of methoxy groups -OCH3 is 1. The van der Waals surface area contributed by atoms with Crippen LogP contribution in [-0.2, 0) is 9.53 Å². The molecule has 0 bridgehead atoms. The zero-order chi connectivity index (χ0) is 13.0. The van der Waals surface area contributed by atoms with Gasteiger partial charge in [0.25, 0.3) is 0 Å². The lowest BCUT2D eigenvalue weighted by Gasteiger charge is -2.12. The second kappa shape index (κ2) is 5.90. The second-order valence-electron chi connectivity index (χ2n) is 3.88. The van der Waals surface area contributed by atoms with Gasteiger partial charge in [-0.2, -0.15) is 0 Å². The average Bonchev–Trinajstić information content (AvgIpc) is 2.83. The smallest absolute Gasteiger partial charge is 0.227 e. The number of ether oxygens (including phenoxy) is 1. The third-order valence-electron chi connectivity index (χ3n) is 2.62. The van der Waals surface area contributed by atoms with Crippen LogP contribution >= 0.6 is 11.3 Å². The highest BCUT2D eigenvalue weighted by atomic mass is 32.1. The predicted molar refractivity (Wildman–Crippen MR) is 72.7 cm³/mol. The number of amides is 1. The van der Waals surface area contributed by atoms with Crippen LogP contribution in [0.25, 0.3) is 10.2 Å². The van der Waals surface area contributed by atoms with Crippen LogP contribution < -0.4 is 11.1 Å². The molecule has 0 saturated heterocycles. The van der Waals surface area contributed by atoms with Crippen molar-refractivity contribution in [1.82, 2.24) is 4.98 Å². The number of nitrogens with one attached hydrogen (secondary N) is 1. The molecule has 1 atom stereocenters. The molecule has 1 amide bonds. The van der Waals surface area contributed by atoms with Gasteiger partial charge in [0.15, 0.2) is 0 Å². The number of hydrogen-bond acceptors (Lipinski definition) is 5. The average molecular weight is 265 g/mol. The molecule has 2 aromatic rings. The van der Waals surface area contributed by atoms with Crippen molar-refractivity contribution >= 4 is 33.1 Å². The van der Waals surface area contributed by atoms with Crippen molar-refractivity contribution in [3.8, 4) is 0 Å². The number of thiazole rings is 1. The van der Waals surface area contributed by atoms with E-state index in [0.29, 0.717) is 6.54 Å². The number of aromatic nitrogens is 1. The van der Waals surface area contributed by atoms with Gasteiger partial charge in [-0.15, -0.1) is 11.3 Å². The first-order valence-corrected chi connectivity index (χ1v) is 6.47. The molecule has 0 saturated carbocycles. The summed E-state index contributed by atoms with van der Waals surface area (Å²) in [5.41, 5.74) is 8.96. The predicted octanol–water partition coefficient (Wildman–Crippen LogP) is 1.60. The van der Waals surface area contributed by atoms with Crippen molar-refractivity contribution in [3.05, 3.63) is 23.7 Å². The van der Waals surface area contributed by atoms with Crippen molar-refractivity contribution in [2.24, 2.45) is 5.73 Å². The summed E-state index contributed by atoms with van der Waals surface area (Å²) in [7, 11) is 1.55. The van der Waals surface area contributed by atoms with Gasteiger partial charge in [0.1, 0.15) is 0 Å². The normalized spacial score (nSPS) is 12.6. The number of carbonyl (C=O) groups excluding carboxylic acids is 1. The minimum atomic E-state index is -0.239. The van der Waals surface area contributed by atoms with Gasteiger partial charge in [-0.05, 0) is 18.2 Å². The molecular formula is C12H15N3O2S. The van der Waals surface area contributed by atoms with E-state index in [2.05, 4.69) is 10.3 Å². The van der Waals surface area contributed by atoms with Gasteiger partial charge in [0.2, 0.25) is 5.91 Å². The molecule has 0 spiro atoms. The summed E-state index contributed by atoms with van der Waals surface area (Å²) in [5.74, 6) is -0.101. The Morgan fingerprint density at radius 1 is 1.61 bits per heavy atom. The summed E-state index contributed by atoms with van der Waals surface area (Å²) in [6.07, 6.45) is 0.0189. The van der Waals surface area contributed by atoms with Crippen LogP contribution in [0.4, 0.5) is 5.69 Å². The van der Waals surface area contributed by atoms with E-state index in [-0.39, 0.29) is 18.4 Å². The van der Waals surface area contributed by atoms with Crippen molar-refractivity contribution < 1.29 is 9.53 Å². The number of rotatable bonds is 5. The molecule has 0 aliphatic heterocycles. The lowest BCUT2D eigenvalue weighted by Crippen LogP contribution is -2.28. The maximum Gasteiger partial charge on any atom is 0.227 e. The molecule has 18 heavy (non-hydrogen) atoms. The maximum absolute atomic E-state index is 11.8. The van der Waals surface area contributed by atoms with Gasteiger partial charge in [-0.25, -0.2) is 4.98 Å². The molecule has 96 valence electrons. The lowest BCUT2D eigenvalue weighted by molar-refractivity contribution is -0.118. The number of nitrogens with two attached hydrogens (primary N) is 1. The quantitative estimate of drug-likeness (QED) is 0.860. The van der Waals surface area contributed by atoms with Crippen LogP contribution in [0.15, 0.2) is 23.7 Å². The van der Waals surface area contributed by atoms with Gasteiger partial charge in [0, 0.05) is 19.3 Å². The Morgan fingerprint density at radius 3 is 3.17 bits per heavy atom. The minimum absolute atomic E-state index is 0.101. The van der Waals surface area contributed by atoms with E-state index in [9.17, 15) is 4.79 Å².